The SMILES string of the molecule is CCNC(C1CCCCC1)C(OCC)C1CC1. The lowest BCUT2D eigenvalue weighted by atomic mass is 9.80. The van der Waals surface area contributed by atoms with Crippen LogP contribution in [0.2, 0.25) is 0 Å². The van der Waals surface area contributed by atoms with E-state index in [4.69, 9.17) is 4.74 Å². The zero-order valence-electron chi connectivity index (χ0n) is 11.6. The van der Waals surface area contributed by atoms with Crippen LogP contribution in [0.3, 0.4) is 0 Å². The topological polar surface area (TPSA) is 21.3 Å². The smallest absolute Gasteiger partial charge is 0.0758 e. The predicted molar refractivity (Wildman–Crippen MR) is 72.2 cm³/mol. The van der Waals surface area contributed by atoms with E-state index in [1.807, 2.05) is 0 Å². The highest BCUT2D eigenvalue weighted by Gasteiger charge is 2.40. The highest BCUT2D eigenvalue weighted by Crippen LogP contribution is 2.39. The van der Waals surface area contributed by atoms with Crippen molar-refractivity contribution in [3.05, 3.63) is 0 Å². The van der Waals surface area contributed by atoms with Gasteiger partial charge in [0.25, 0.3) is 0 Å². The molecule has 0 saturated heterocycles. The summed E-state index contributed by atoms with van der Waals surface area (Å²) in [5, 5.41) is 3.73. The van der Waals surface area contributed by atoms with Crippen LogP contribution in [0.15, 0.2) is 0 Å². The fourth-order valence-corrected chi connectivity index (χ4v) is 3.43. The first kappa shape index (κ1) is 13.4. The van der Waals surface area contributed by atoms with Crippen molar-refractivity contribution in [2.75, 3.05) is 13.2 Å². The van der Waals surface area contributed by atoms with Crippen molar-refractivity contribution in [3.63, 3.8) is 0 Å². The molecule has 0 radical (unpaired) electrons. The largest absolute Gasteiger partial charge is 0.377 e. The van der Waals surface area contributed by atoms with Gasteiger partial charge in [-0.2, -0.15) is 0 Å². The van der Waals surface area contributed by atoms with E-state index >= 15 is 0 Å². The van der Waals surface area contributed by atoms with Gasteiger partial charge < -0.3 is 10.1 Å². The van der Waals surface area contributed by atoms with E-state index in [0.717, 1.165) is 25.0 Å². The summed E-state index contributed by atoms with van der Waals surface area (Å²) in [6.45, 7) is 6.32. The molecule has 2 rings (SSSR count). The average molecular weight is 239 g/mol. The van der Waals surface area contributed by atoms with E-state index < -0.39 is 0 Å². The predicted octanol–water partition coefficient (Wildman–Crippen LogP) is 3.36. The molecule has 1 N–H and O–H groups in total. The lowest BCUT2D eigenvalue weighted by Gasteiger charge is -2.36. The van der Waals surface area contributed by atoms with E-state index in [2.05, 4.69) is 19.2 Å². The van der Waals surface area contributed by atoms with Gasteiger partial charge in [0.2, 0.25) is 0 Å². The molecular formula is C15H29NO. The van der Waals surface area contributed by atoms with Gasteiger partial charge in [0.1, 0.15) is 0 Å². The Morgan fingerprint density at radius 1 is 1.00 bits per heavy atom. The molecule has 2 atom stereocenters. The van der Waals surface area contributed by atoms with E-state index in [-0.39, 0.29) is 0 Å². The molecule has 2 aliphatic carbocycles. The van der Waals surface area contributed by atoms with Crippen molar-refractivity contribution in [1.29, 1.82) is 0 Å². The Labute approximate surface area is 107 Å². The summed E-state index contributed by atoms with van der Waals surface area (Å²) in [6, 6.07) is 0.618. The fraction of sp³-hybridized carbons (Fsp3) is 1.00. The summed E-state index contributed by atoms with van der Waals surface area (Å²) in [5.41, 5.74) is 0. The van der Waals surface area contributed by atoms with E-state index in [0.29, 0.717) is 12.1 Å². The monoisotopic (exact) mass is 239 g/mol. The molecule has 0 aromatic carbocycles. The van der Waals surface area contributed by atoms with Crippen molar-refractivity contribution in [2.24, 2.45) is 11.8 Å². The second-order valence-electron chi connectivity index (χ2n) is 5.74. The molecule has 0 aromatic heterocycles. The van der Waals surface area contributed by atoms with Crippen LogP contribution >= 0.6 is 0 Å². The second kappa shape index (κ2) is 6.75. The lowest BCUT2D eigenvalue weighted by Crippen LogP contribution is -2.48. The summed E-state index contributed by atoms with van der Waals surface area (Å²) in [6.07, 6.45) is 10.4. The molecule has 2 heteroatoms. The number of nitrogens with one attached hydrogen (secondary N) is 1. The Morgan fingerprint density at radius 2 is 1.71 bits per heavy atom. The molecule has 0 aliphatic heterocycles. The molecule has 2 fully saturated rings. The van der Waals surface area contributed by atoms with Crippen LogP contribution in [0.5, 0.6) is 0 Å². The first-order chi connectivity index (χ1) is 8.36. The summed E-state index contributed by atoms with van der Waals surface area (Å²) in [7, 11) is 0. The van der Waals surface area contributed by atoms with Gasteiger partial charge in [-0.3, -0.25) is 0 Å². The lowest BCUT2D eigenvalue weighted by molar-refractivity contribution is -0.00202. The van der Waals surface area contributed by atoms with E-state index in [9.17, 15) is 0 Å². The van der Waals surface area contributed by atoms with Crippen molar-refractivity contribution in [2.45, 2.75) is 70.9 Å². The van der Waals surface area contributed by atoms with Crippen LogP contribution in [0.1, 0.15) is 58.8 Å². The third-order valence-corrected chi connectivity index (χ3v) is 4.40. The number of rotatable bonds is 7. The Kier molecular flexibility index (Phi) is 5.30. The quantitative estimate of drug-likeness (QED) is 0.735. The normalized spacial score (nSPS) is 25.8. The minimum Gasteiger partial charge on any atom is -0.377 e. The first-order valence-electron chi connectivity index (χ1n) is 7.71. The minimum atomic E-state index is 0.489. The number of ether oxygens (including phenoxy) is 1. The molecule has 2 nitrogen and oxygen atoms in total. The van der Waals surface area contributed by atoms with Crippen LogP contribution < -0.4 is 5.32 Å². The van der Waals surface area contributed by atoms with Gasteiger partial charge >= 0.3 is 0 Å². The first-order valence-corrected chi connectivity index (χ1v) is 7.71. The summed E-state index contributed by atoms with van der Waals surface area (Å²) >= 11 is 0. The van der Waals surface area contributed by atoms with Crippen LogP contribution in [-0.2, 0) is 4.74 Å². The van der Waals surface area contributed by atoms with Gasteiger partial charge in [0.15, 0.2) is 0 Å². The van der Waals surface area contributed by atoms with Crippen molar-refractivity contribution < 1.29 is 4.74 Å². The zero-order valence-corrected chi connectivity index (χ0v) is 11.6. The highest BCUT2D eigenvalue weighted by atomic mass is 16.5. The number of likely N-dealkylation sites (N-methyl/N-ethyl adjacent to an activating group) is 1. The van der Waals surface area contributed by atoms with Crippen LogP contribution in [-0.4, -0.2) is 25.3 Å². The van der Waals surface area contributed by atoms with Crippen LogP contribution in [0, 0.1) is 11.8 Å². The molecule has 2 saturated carbocycles. The van der Waals surface area contributed by atoms with Crippen LogP contribution in [0.25, 0.3) is 0 Å². The molecule has 0 aromatic rings. The third-order valence-electron chi connectivity index (χ3n) is 4.40. The maximum atomic E-state index is 6.07. The minimum absolute atomic E-state index is 0.489. The Morgan fingerprint density at radius 3 is 2.24 bits per heavy atom. The van der Waals surface area contributed by atoms with E-state index in [1.54, 1.807) is 0 Å². The molecular weight excluding hydrogens is 210 g/mol. The average Bonchev–Trinajstić information content (AvgIpc) is 3.19. The van der Waals surface area contributed by atoms with Crippen molar-refractivity contribution >= 4 is 0 Å². The standard InChI is InChI=1S/C15H29NO/c1-3-16-14(12-8-6-5-7-9-12)15(17-4-2)13-10-11-13/h12-16H,3-11H2,1-2H3. The van der Waals surface area contributed by atoms with Gasteiger partial charge in [-0.05, 0) is 51.0 Å². The third kappa shape index (κ3) is 3.69. The zero-order chi connectivity index (χ0) is 12.1. The van der Waals surface area contributed by atoms with Gasteiger partial charge in [0, 0.05) is 12.6 Å². The summed E-state index contributed by atoms with van der Waals surface area (Å²) in [5.74, 6) is 1.71. The van der Waals surface area contributed by atoms with Gasteiger partial charge in [-0.15, -0.1) is 0 Å². The maximum absolute atomic E-state index is 6.07. The van der Waals surface area contributed by atoms with Gasteiger partial charge in [0.05, 0.1) is 6.10 Å². The molecule has 0 heterocycles. The summed E-state index contributed by atoms with van der Waals surface area (Å²) in [4.78, 5) is 0. The fourth-order valence-electron chi connectivity index (χ4n) is 3.43. The molecule has 2 aliphatic rings. The molecule has 0 spiro atoms. The van der Waals surface area contributed by atoms with Gasteiger partial charge in [-0.25, -0.2) is 0 Å². The molecule has 0 bridgehead atoms. The Balaban J connectivity index is 1.96. The Bertz CT molecular complexity index is 209. The molecule has 2 unspecified atom stereocenters. The van der Waals surface area contributed by atoms with Crippen molar-refractivity contribution in [1.82, 2.24) is 5.32 Å². The van der Waals surface area contributed by atoms with E-state index in [1.165, 1.54) is 44.9 Å². The number of hydrogen-bond donors (Lipinski definition) is 1. The number of hydrogen-bond acceptors (Lipinski definition) is 2. The molecule has 17 heavy (non-hydrogen) atoms. The molecule has 0 amide bonds. The van der Waals surface area contributed by atoms with Gasteiger partial charge in [-0.1, -0.05) is 26.2 Å². The van der Waals surface area contributed by atoms with Crippen LogP contribution in [0.4, 0.5) is 0 Å². The second-order valence-corrected chi connectivity index (χ2v) is 5.74. The maximum Gasteiger partial charge on any atom is 0.0758 e. The highest BCUT2D eigenvalue weighted by molar-refractivity contribution is 4.94. The Hall–Kier alpha value is -0.0800. The summed E-state index contributed by atoms with van der Waals surface area (Å²) < 4.78 is 6.07. The van der Waals surface area contributed by atoms with Crippen molar-refractivity contribution in [3.8, 4) is 0 Å². The molecule has 100 valence electrons.